The summed E-state index contributed by atoms with van der Waals surface area (Å²) in [5, 5.41) is 28.5. The van der Waals surface area contributed by atoms with Crippen molar-refractivity contribution in [3.8, 4) is 17.6 Å². The smallest absolute Gasteiger partial charge is 0.335 e. The van der Waals surface area contributed by atoms with Gasteiger partial charge in [-0.15, -0.1) is 0 Å². The van der Waals surface area contributed by atoms with E-state index in [1.165, 1.54) is 12.1 Å². The topological polar surface area (TPSA) is 145 Å². The largest absolute Gasteiger partial charge is 0.478 e. The average Bonchev–Trinajstić information content (AvgIpc) is 2.57. The quantitative estimate of drug-likeness (QED) is 0.365. The first kappa shape index (κ1) is 16.5. The van der Waals surface area contributed by atoms with Gasteiger partial charge in [0.1, 0.15) is 17.6 Å². The number of hydrogen-bond acceptors (Lipinski definition) is 6. The van der Waals surface area contributed by atoms with Gasteiger partial charge in [-0.2, -0.15) is 10.4 Å². The monoisotopic (exact) mass is 323 g/mol. The fourth-order valence-corrected chi connectivity index (χ4v) is 1.69. The first-order chi connectivity index (χ1) is 11.5. The number of anilines is 1. The minimum Gasteiger partial charge on any atom is -0.478 e. The van der Waals surface area contributed by atoms with Crippen molar-refractivity contribution in [2.45, 2.75) is 0 Å². The molecule has 8 heteroatoms. The maximum Gasteiger partial charge on any atom is 0.335 e. The molecule has 0 aliphatic rings. The molecule has 120 valence electrons. The van der Waals surface area contributed by atoms with Crippen LogP contribution >= 0.6 is 0 Å². The summed E-state index contributed by atoms with van der Waals surface area (Å²) in [6.07, 6.45) is 0. The fourth-order valence-electron chi connectivity index (χ4n) is 1.69. The van der Waals surface area contributed by atoms with E-state index in [2.05, 4.69) is 10.5 Å². The molecule has 2 aromatic carbocycles. The molecule has 0 aliphatic carbocycles. The van der Waals surface area contributed by atoms with E-state index in [9.17, 15) is 4.79 Å². The third kappa shape index (κ3) is 4.32. The molecule has 0 saturated heterocycles. The maximum absolute atomic E-state index is 10.9. The standard InChI is InChI=1S/C16H13N5O3/c17-9-14(15(18)19)21-20-11-4-6-12(7-5-11)24-13-3-1-2-10(8-13)16(22)23/h1-8,20H,(H3,18,19)(H,22,23)/b21-14+. The zero-order chi connectivity index (χ0) is 17.5. The van der Waals surface area contributed by atoms with Crippen LogP contribution in [-0.4, -0.2) is 22.6 Å². The second-order valence-electron chi connectivity index (χ2n) is 4.56. The lowest BCUT2D eigenvalue weighted by Gasteiger charge is -2.07. The molecule has 0 fully saturated rings. The van der Waals surface area contributed by atoms with Crippen molar-refractivity contribution >= 4 is 23.2 Å². The van der Waals surface area contributed by atoms with Gasteiger partial charge in [-0.3, -0.25) is 10.8 Å². The maximum atomic E-state index is 10.9. The number of carbonyl (C=O) groups is 1. The predicted octanol–water partition coefficient (Wildman–Crippen LogP) is 2.40. The lowest BCUT2D eigenvalue weighted by molar-refractivity contribution is 0.0696. The van der Waals surface area contributed by atoms with E-state index in [4.69, 9.17) is 26.2 Å². The number of aromatic carboxylic acids is 1. The number of benzene rings is 2. The van der Waals surface area contributed by atoms with Crippen molar-refractivity contribution in [1.82, 2.24) is 0 Å². The number of amidine groups is 1. The molecule has 5 N–H and O–H groups in total. The van der Waals surface area contributed by atoms with Crippen molar-refractivity contribution < 1.29 is 14.6 Å². The van der Waals surface area contributed by atoms with E-state index in [1.807, 2.05) is 0 Å². The molecule has 0 amide bonds. The number of hydrogen-bond donors (Lipinski definition) is 4. The number of rotatable bonds is 6. The van der Waals surface area contributed by atoms with Crippen LogP contribution in [0, 0.1) is 16.7 Å². The van der Waals surface area contributed by atoms with E-state index in [0.29, 0.717) is 17.2 Å². The van der Waals surface area contributed by atoms with Crippen molar-refractivity contribution in [3.05, 3.63) is 54.1 Å². The van der Waals surface area contributed by atoms with Gasteiger partial charge < -0.3 is 15.6 Å². The second-order valence-corrected chi connectivity index (χ2v) is 4.56. The van der Waals surface area contributed by atoms with E-state index >= 15 is 0 Å². The van der Waals surface area contributed by atoms with Gasteiger partial charge in [-0.25, -0.2) is 4.79 Å². The third-order valence-corrected chi connectivity index (χ3v) is 2.83. The normalized spacial score (nSPS) is 10.5. The number of hydrazone groups is 1. The first-order valence-electron chi connectivity index (χ1n) is 6.69. The van der Waals surface area contributed by atoms with Crippen molar-refractivity contribution in [2.24, 2.45) is 10.8 Å². The van der Waals surface area contributed by atoms with Crippen LogP contribution in [0.4, 0.5) is 5.69 Å². The Morgan fingerprint density at radius 1 is 1.25 bits per heavy atom. The van der Waals surface area contributed by atoms with Gasteiger partial charge in [-0.1, -0.05) is 6.07 Å². The highest BCUT2D eigenvalue weighted by Gasteiger charge is 2.05. The molecule has 0 atom stereocenters. The van der Waals surface area contributed by atoms with Gasteiger partial charge in [0.15, 0.2) is 5.84 Å². The molecule has 0 unspecified atom stereocenters. The molecular weight excluding hydrogens is 310 g/mol. The molecule has 0 aromatic heterocycles. The van der Waals surface area contributed by atoms with Gasteiger partial charge in [0.25, 0.3) is 0 Å². The second kappa shape index (κ2) is 7.42. The Hall–Kier alpha value is -3.86. The minimum absolute atomic E-state index is 0.133. The van der Waals surface area contributed by atoms with Gasteiger partial charge in [0, 0.05) is 0 Å². The summed E-state index contributed by atoms with van der Waals surface area (Å²) in [4.78, 5) is 10.9. The van der Waals surface area contributed by atoms with Crippen LogP contribution in [-0.2, 0) is 0 Å². The van der Waals surface area contributed by atoms with Gasteiger partial charge in [0.05, 0.1) is 11.3 Å². The molecule has 2 aromatic rings. The Morgan fingerprint density at radius 2 is 1.96 bits per heavy atom. The predicted molar refractivity (Wildman–Crippen MR) is 88.5 cm³/mol. The summed E-state index contributed by atoms with van der Waals surface area (Å²) in [5.74, 6) is -0.559. The number of carboxylic acids is 1. The highest BCUT2D eigenvalue weighted by atomic mass is 16.5. The lowest BCUT2D eigenvalue weighted by atomic mass is 10.2. The van der Waals surface area contributed by atoms with Crippen molar-refractivity contribution in [3.63, 3.8) is 0 Å². The Kier molecular flexibility index (Phi) is 5.10. The van der Waals surface area contributed by atoms with Crippen molar-refractivity contribution in [1.29, 1.82) is 10.7 Å². The van der Waals surface area contributed by atoms with Gasteiger partial charge in [0.2, 0.25) is 5.71 Å². The fraction of sp³-hybridized carbons (Fsp3) is 0. The van der Waals surface area contributed by atoms with Crippen LogP contribution in [0.3, 0.4) is 0 Å². The Morgan fingerprint density at radius 3 is 2.54 bits per heavy atom. The van der Waals surface area contributed by atoms with Crippen LogP contribution in [0.1, 0.15) is 10.4 Å². The van der Waals surface area contributed by atoms with Crippen molar-refractivity contribution in [2.75, 3.05) is 5.43 Å². The van der Waals surface area contributed by atoms with Crippen LogP contribution in [0.15, 0.2) is 53.6 Å². The summed E-state index contributed by atoms with van der Waals surface area (Å²) in [6, 6.07) is 14.4. The van der Waals surface area contributed by atoms with Crippen LogP contribution < -0.4 is 15.9 Å². The molecule has 0 bridgehead atoms. The number of nitrogens with two attached hydrogens (primary N) is 1. The van der Waals surface area contributed by atoms with Crippen LogP contribution in [0.5, 0.6) is 11.5 Å². The number of nitrogens with one attached hydrogen (secondary N) is 2. The molecule has 0 heterocycles. The minimum atomic E-state index is -1.03. The first-order valence-corrected chi connectivity index (χ1v) is 6.69. The van der Waals surface area contributed by atoms with E-state index < -0.39 is 11.8 Å². The van der Waals surface area contributed by atoms with Crippen LogP contribution in [0.2, 0.25) is 0 Å². The highest BCUT2D eigenvalue weighted by molar-refractivity contribution is 6.45. The number of nitriles is 1. The highest BCUT2D eigenvalue weighted by Crippen LogP contribution is 2.23. The summed E-state index contributed by atoms with van der Waals surface area (Å²) in [6.45, 7) is 0. The Bertz CT molecular complexity index is 838. The van der Waals surface area contributed by atoms with E-state index in [0.717, 1.165) is 0 Å². The third-order valence-electron chi connectivity index (χ3n) is 2.83. The molecule has 8 nitrogen and oxygen atoms in total. The van der Waals surface area contributed by atoms with E-state index in [1.54, 1.807) is 42.5 Å². The zero-order valence-corrected chi connectivity index (χ0v) is 12.4. The summed E-state index contributed by atoms with van der Waals surface area (Å²) in [7, 11) is 0. The van der Waals surface area contributed by atoms with Gasteiger partial charge >= 0.3 is 5.97 Å². The molecule has 0 radical (unpaired) electrons. The Labute approximate surface area is 137 Å². The molecule has 24 heavy (non-hydrogen) atoms. The molecular formula is C16H13N5O3. The number of ether oxygens (including phenoxy) is 1. The molecule has 0 spiro atoms. The number of nitrogens with zero attached hydrogens (tertiary/aromatic N) is 2. The Balaban J connectivity index is 2.07. The van der Waals surface area contributed by atoms with Gasteiger partial charge in [-0.05, 0) is 42.5 Å². The molecule has 2 rings (SSSR count). The SMILES string of the molecule is N#C/C(=N\Nc1ccc(Oc2cccc(C(=O)O)c2)cc1)C(=N)N. The molecule has 0 aliphatic heterocycles. The molecule has 0 saturated carbocycles. The summed E-state index contributed by atoms with van der Waals surface area (Å²) < 4.78 is 5.58. The zero-order valence-electron chi connectivity index (χ0n) is 12.4. The average molecular weight is 323 g/mol. The van der Waals surface area contributed by atoms with E-state index in [-0.39, 0.29) is 11.3 Å². The lowest BCUT2D eigenvalue weighted by Crippen LogP contribution is -2.21. The summed E-state index contributed by atoms with van der Waals surface area (Å²) >= 11 is 0. The van der Waals surface area contributed by atoms with Crippen LogP contribution in [0.25, 0.3) is 0 Å². The number of carboxylic acid groups (broad SMARTS) is 1. The summed E-state index contributed by atoms with van der Waals surface area (Å²) in [5.41, 5.74) is 8.26.